The summed E-state index contributed by atoms with van der Waals surface area (Å²) in [6.07, 6.45) is 0. The minimum absolute atomic E-state index is 0.0459. The van der Waals surface area contributed by atoms with Crippen LogP contribution in [0.5, 0.6) is 0 Å². The van der Waals surface area contributed by atoms with Crippen molar-refractivity contribution in [2.24, 2.45) is 5.41 Å². The van der Waals surface area contributed by atoms with E-state index in [1.807, 2.05) is 11.4 Å². The van der Waals surface area contributed by atoms with Crippen LogP contribution in [0.3, 0.4) is 0 Å². The van der Waals surface area contributed by atoms with E-state index < -0.39 is 0 Å². The van der Waals surface area contributed by atoms with Gasteiger partial charge in [-0.25, -0.2) is 4.39 Å². The Morgan fingerprint density at radius 1 is 1.22 bits per heavy atom. The first-order valence-electron chi connectivity index (χ1n) is 5.96. The lowest BCUT2D eigenvalue weighted by Gasteiger charge is -2.33. The first-order chi connectivity index (χ1) is 8.57. The second kappa shape index (κ2) is 4.33. The molecule has 0 saturated carbocycles. The van der Waals surface area contributed by atoms with Gasteiger partial charge in [0.15, 0.2) is 0 Å². The normalized spacial score (nSPS) is 19.4. The van der Waals surface area contributed by atoms with Crippen molar-refractivity contribution in [3.8, 4) is 0 Å². The van der Waals surface area contributed by atoms with Crippen molar-refractivity contribution in [1.29, 1.82) is 0 Å². The van der Waals surface area contributed by atoms with E-state index in [9.17, 15) is 4.39 Å². The lowest BCUT2D eigenvalue weighted by Crippen LogP contribution is -2.47. The zero-order valence-electron chi connectivity index (χ0n) is 10.4. The van der Waals surface area contributed by atoms with E-state index in [0.29, 0.717) is 17.9 Å². The number of rotatable bonds is 1. The van der Waals surface area contributed by atoms with Crippen molar-refractivity contribution in [3.05, 3.63) is 29.4 Å². The molecule has 2 nitrogen and oxygen atoms in total. The second-order valence-corrected chi connectivity index (χ2v) is 6.33. The Labute approximate surface area is 110 Å². The molecule has 94 valence electrons. The van der Waals surface area contributed by atoms with Crippen LogP contribution in [0.2, 0.25) is 0 Å². The zero-order chi connectivity index (χ0) is 12.8. The van der Waals surface area contributed by atoms with Crippen LogP contribution in [-0.4, -0.2) is 20.3 Å². The molecule has 1 fully saturated rings. The summed E-state index contributed by atoms with van der Waals surface area (Å²) in [4.78, 5) is 0. The van der Waals surface area contributed by atoms with Crippen LogP contribution in [0.15, 0.2) is 23.6 Å². The summed E-state index contributed by atoms with van der Waals surface area (Å²) in [7, 11) is -0.379. The topological polar surface area (TPSA) is 18.5 Å². The molecule has 5 heteroatoms. The van der Waals surface area contributed by atoms with Gasteiger partial charge in [0.05, 0.1) is 4.70 Å². The van der Waals surface area contributed by atoms with Crippen LogP contribution in [0.4, 0.5) is 4.39 Å². The van der Waals surface area contributed by atoms with Crippen LogP contribution in [-0.2, 0) is 9.31 Å². The predicted molar refractivity (Wildman–Crippen MR) is 72.9 cm³/mol. The summed E-state index contributed by atoms with van der Waals surface area (Å²) in [6, 6.07) is 5.17. The Bertz CT molecular complexity index is 571. The molecule has 1 saturated heterocycles. The molecule has 0 bridgehead atoms. The van der Waals surface area contributed by atoms with E-state index in [4.69, 9.17) is 9.31 Å². The van der Waals surface area contributed by atoms with Gasteiger partial charge in [-0.05, 0) is 28.4 Å². The molecular formula is C13H14BFO2S. The third-order valence-corrected chi connectivity index (χ3v) is 4.03. The van der Waals surface area contributed by atoms with Crippen molar-refractivity contribution in [1.82, 2.24) is 0 Å². The smallest absolute Gasteiger partial charge is 0.407 e. The van der Waals surface area contributed by atoms with Gasteiger partial charge in [-0.15, -0.1) is 11.3 Å². The maximum Gasteiger partial charge on any atom is 0.494 e. The van der Waals surface area contributed by atoms with Crippen LogP contribution in [0.1, 0.15) is 13.8 Å². The summed E-state index contributed by atoms with van der Waals surface area (Å²) in [5.41, 5.74) is 0.966. The van der Waals surface area contributed by atoms with Crippen LogP contribution < -0.4 is 5.46 Å². The lowest BCUT2D eigenvalue weighted by atomic mass is 9.74. The van der Waals surface area contributed by atoms with Gasteiger partial charge in [-0.2, -0.15) is 0 Å². The van der Waals surface area contributed by atoms with E-state index in [-0.39, 0.29) is 18.4 Å². The minimum atomic E-state index is -0.379. The molecule has 2 aromatic rings. The molecule has 0 N–H and O–H groups in total. The monoisotopic (exact) mass is 264 g/mol. The van der Waals surface area contributed by atoms with Gasteiger partial charge >= 0.3 is 7.12 Å². The standard InChI is InChI=1S/C13H14BFO2S/c1-13(2)7-16-14(17-8-13)10-3-4-11(15)12-9(10)5-6-18-12/h3-6H,7-8H2,1-2H3. The Hall–Kier alpha value is -0.905. The molecule has 3 rings (SSSR count). The van der Waals surface area contributed by atoms with Gasteiger partial charge in [0.2, 0.25) is 0 Å². The van der Waals surface area contributed by atoms with Crippen molar-refractivity contribution in [2.75, 3.05) is 13.2 Å². The molecule has 0 aliphatic carbocycles. The van der Waals surface area contributed by atoms with Gasteiger partial charge in [0, 0.05) is 18.6 Å². The minimum Gasteiger partial charge on any atom is -0.407 e. The predicted octanol–water partition coefficient (Wildman–Crippen LogP) is 2.81. The third-order valence-electron chi connectivity index (χ3n) is 3.11. The largest absolute Gasteiger partial charge is 0.494 e. The summed E-state index contributed by atoms with van der Waals surface area (Å²) in [6.45, 7) is 5.52. The van der Waals surface area contributed by atoms with Gasteiger partial charge in [0.25, 0.3) is 0 Å². The van der Waals surface area contributed by atoms with Gasteiger partial charge in [-0.1, -0.05) is 19.9 Å². The first-order valence-corrected chi connectivity index (χ1v) is 6.84. The highest BCUT2D eigenvalue weighted by Gasteiger charge is 2.34. The Kier molecular flexibility index (Phi) is 2.92. The highest BCUT2D eigenvalue weighted by molar-refractivity contribution is 7.17. The number of fused-ring (bicyclic) bond motifs is 1. The van der Waals surface area contributed by atoms with Crippen LogP contribution in [0.25, 0.3) is 10.1 Å². The number of thiophene rings is 1. The van der Waals surface area contributed by atoms with Crippen molar-refractivity contribution in [2.45, 2.75) is 13.8 Å². The fraction of sp³-hybridized carbons (Fsp3) is 0.385. The molecule has 1 aliphatic rings. The van der Waals surface area contributed by atoms with Crippen LogP contribution >= 0.6 is 11.3 Å². The highest BCUT2D eigenvalue weighted by Crippen LogP contribution is 2.26. The number of hydrogen-bond donors (Lipinski definition) is 0. The van der Waals surface area contributed by atoms with Crippen molar-refractivity contribution < 1.29 is 13.7 Å². The Morgan fingerprint density at radius 3 is 2.67 bits per heavy atom. The van der Waals surface area contributed by atoms with E-state index >= 15 is 0 Å². The molecule has 2 heterocycles. The van der Waals surface area contributed by atoms with Gasteiger partial charge < -0.3 is 9.31 Å². The molecule has 0 spiro atoms. The Morgan fingerprint density at radius 2 is 1.94 bits per heavy atom. The zero-order valence-corrected chi connectivity index (χ0v) is 11.2. The van der Waals surface area contributed by atoms with E-state index in [1.54, 1.807) is 6.07 Å². The average molecular weight is 264 g/mol. The summed E-state index contributed by atoms with van der Waals surface area (Å²) in [5, 5.41) is 2.79. The molecule has 1 aromatic heterocycles. The molecular weight excluding hydrogens is 250 g/mol. The molecule has 0 amide bonds. The molecule has 1 aliphatic heterocycles. The fourth-order valence-corrected chi connectivity index (χ4v) is 2.96. The highest BCUT2D eigenvalue weighted by atomic mass is 32.1. The quantitative estimate of drug-likeness (QED) is 0.737. The first kappa shape index (κ1) is 12.1. The molecule has 1 aromatic carbocycles. The third kappa shape index (κ3) is 2.07. The number of halogens is 1. The van der Waals surface area contributed by atoms with E-state index in [2.05, 4.69) is 13.8 Å². The number of hydrogen-bond acceptors (Lipinski definition) is 3. The van der Waals surface area contributed by atoms with E-state index in [1.165, 1.54) is 17.4 Å². The van der Waals surface area contributed by atoms with Crippen molar-refractivity contribution >= 4 is 34.0 Å². The lowest BCUT2D eigenvalue weighted by molar-refractivity contribution is 0.0344. The SMILES string of the molecule is CC1(C)COB(c2ccc(F)c3sccc23)OC1. The van der Waals surface area contributed by atoms with Crippen molar-refractivity contribution in [3.63, 3.8) is 0 Å². The van der Waals surface area contributed by atoms with E-state index in [0.717, 1.165) is 10.8 Å². The maximum atomic E-state index is 13.6. The van der Waals surface area contributed by atoms with Crippen LogP contribution in [0, 0.1) is 11.2 Å². The maximum absolute atomic E-state index is 13.6. The van der Waals surface area contributed by atoms with Gasteiger partial charge in [-0.3, -0.25) is 0 Å². The molecule has 0 atom stereocenters. The molecule has 0 radical (unpaired) electrons. The molecule has 0 unspecified atom stereocenters. The molecule has 18 heavy (non-hydrogen) atoms. The second-order valence-electron chi connectivity index (χ2n) is 5.42. The fourth-order valence-electron chi connectivity index (χ4n) is 2.13. The van der Waals surface area contributed by atoms with Gasteiger partial charge in [0.1, 0.15) is 5.82 Å². The Balaban J connectivity index is 1.96. The summed E-state index contributed by atoms with van der Waals surface area (Å²) in [5.74, 6) is -0.181. The summed E-state index contributed by atoms with van der Waals surface area (Å²) >= 11 is 1.41. The number of benzene rings is 1. The summed E-state index contributed by atoms with van der Waals surface area (Å²) < 4.78 is 25.8. The average Bonchev–Trinajstić information content (AvgIpc) is 2.80.